The van der Waals surface area contributed by atoms with Crippen LogP contribution in [0.2, 0.25) is 0 Å². The quantitative estimate of drug-likeness (QED) is 0.746. The number of rotatable bonds is 6. The molecule has 26 heavy (non-hydrogen) atoms. The van der Waals surface area contributed by atoms with Gasteiger partial charge in [-0.1, -0.05) is 37.3 Å². The molecule has 1 aliphatic heterocycles. The third-order valence-electron chi connectivity index (χ3n) is 4.65. The van der Waals surface area contributed by atoms with Crippen molar-refractivity contribution < 1.29 is 14.0 Å². The van der Waals surface area contributed by atoms with Crippen molar-refractivity contribution >= 4 is 23.2 Å². The lowest BCUT2D eigenvalue weighted by molar-refractivity contribution is -0.121. The van der Waals surface area contributed by atoms with Crippen LogP contribution in [0, 0.1) is 17.7 Å². The highest BCUT2D eigenvalue weighted by molar-refractivity contribution is 5.95. The van der Waals surface area contributed by atoms with Crippen molar-refractivity contribution in [2.75, 3.05) is 23.7 Å². The minimum Gasteiger partial charge on any atom is -0.326 e. The Morgan fingerprint density at radius 2 is 1.88 bits per heavy atom. The molecule has 1 atom stereocenters. The van der Waals surface area contributed by atoms with Crippen LogP contribution in [0.3, 0.4) is 0 Å². The molecule has 3 N–H and O–H groups in total. The molecule has 3 rings (SSSR count). The summed E-state index contributed by atoms with van der Waals surface area (Å²) in [5.41, 5.74) is 1.37. The fourth-order valence-corrected chi connectivity index (χ4v) is 2.81. The van der Waals surface area contributed by atoms with Gasteiger partial charge >= 0.3 is 0 Å². The molecule has 136 valence electrons. The van der Waals surface area contributed by atoms with Crippen molar-refractivity contribution in [3.8, 4) is 0 Å². The zero-order valence-corrected chi connectivity index (χ0v) is 14.6. The second-order valence-corrected chi connectivity index (χ2v) is 6.60. The van der Waals surface area contributed by atoms with Gasteiger partial charge in [-0.25, -0.2) is 4.39 Å². The normalized spacial score (nSPS) is 15.0. The van der Waals surface area contributed by atoms with Crippen molar-refractivity contribution in [1.82, 2.24) is 5.32 Å². The summed E-state index contributed by atoms with van der Waals surface area (Å²) in [6, 6.07) is 13.4. The average molecular weight is 355 g/mol. The first kappa shape index (κ1) is 18.1. The van der Waals surface area contributed by atoms with Gasteiger partial charge in [0.25, 0.3) is 0 Å². The highest BCUT2D eigenvalue weighted by Gasteiger charge is 2.28. The Hall–Kier alpha value is -2.73. The highest BCUT2D eigenvalue weighted by Crippen LogP contribution is 2.22. The van der Waals surface area contributed by atoms with Crippen molar-refractivity contribution in [3.63, 3.8) is 0 Å². The molecule has 1 aliphatic rings. The van der Waals surface area contributed by atoms with Crippen LogP contribution in [0.5, 0.6) is 0 Å². The second kappa shape index (κ2) is 8.10. The van der Waals surface area contributed by atoms with E-state index in [9.17, 15) is 14.0 Å². The Morgan fingerprint density at radius 3 is 2.54 bits per heavy atom. The summed E-state index contributed by atoms with van der Waals surface area (Å²) in [5, 5.41) is 8.51. The number of carbonyl (C=O) groups excluding carboxylic acids is 2. The SMILES string of the molecule is CC(C(=O)Nc1ccc(F)c(NC(=O)Cc2ccccc2)c1)C1CNC1. The topological polar surface area (TPSA) is 70.2 Å². The maximum Gasteiger partial charge on any atom is 0.228 e. The average Bonchev–Trinajstić information content (AvgIpc) is 2.57. The van der Waals surface area contributed by atoms with E-state index >= 15 is 0 Å². The van der Waals surface area contributed by atoms with Gasteiger partial charge in [0.05, 0.1) is 12.1 Å². The van der Waals surface area contributed by atoms with Crippen molar-refractivity contribution in [3.05, 3.63) is 59.9 Å². The monoisotopic (exact) mass is 355 g/mol. The highest BCUT2D eigenvalue weighted by atomic mass is 19.1. The van der Waals surface area contributed by atoms with E-state index < -0.39 is 5.82 Å². The summed E-state index contributed by atoms with van der Waals surface area (Å²) in [6.07, 6.45) is 0.155. The second-order valence-electron chi connectivity index (χ2n) is 6.60. The summed E-state index contributed by atoms with van der Waals surface area (Å²) in [7, 11) is 0. The fourth-order valence-electron chi connectivity index (χ4n) is 2.81. The van der Waals surface area contributed by atoms with Gasteiger partial charge in [-0.05, 0) is 42.8 Å². The fraction of sp³-hybridized carbons (Fsp3) is 0.300. The number of hydrogen-bond donors (Lipinski definition) is 3. The molecule has 0 aliphatic carbocycles. The zero-order valence-electron chi connectivity index (χ0n) is 14.6. The van der Waals surface area contributed by atoms with Gasteiger partial charge in [-0.15, -0.1) is 0 Å². The number of hydrogen-bond acceptors (Lipinski definition) is 3. The van der Waals surface area contributed by atoms with Crippen LogP contribution in [0.4, 0.5) is 15.8 Å². The Balaban J connectivity index is 1.63. The lowest BCUT2D eigenvalue weighted by Crippen LogP contribution is -2.48. The van der Waals surface area contributed by atoms with Crippen LogP contribution in [-0.2, 0) is 16.0 Å². The third kappa shape index (κ3) is 4.46. The molecular weight excluding hydrogens is 333 g/mol. The molecule has 2 aromatic rings. The molecule has 0 spiro atoms. The molecular formula is C20H22FN3O2. The molecule has 1 unspecified atom stereocenters. The first-order valence-corrected chi connectivity index (χ1v) is 8.68. The Morgan fingerprint density at radius 1 is 1.15 bits per heavy atom. The van der Waals surface area contributed by atoms with E-state index in [1.807, 2.05) is 37.3 Å². The number of nitrogens with one attached hydrogen (secondary N) is 3. The molecule has 0 saturated carbocycles. The summed E-state index contributed by atoms with van der Waals surface area (Å²) < 4.78 is 14.0. The summed E-state index contributed by atoms with van der Waals surface area (Å²) in [4.78, 5) is 24.4. The Kier molecular flexibility index (Phi) is 5.63. The molecule has 2 amide bonds. The van der Waals surface area contributed by atoms with Crippen molar-refractivity contribution in [1.29, 1.82) is 0 Å². The minimum absolute atomic E-state index is 0.0571. The molecule has 0 aromatic heterocycles. The largest absolute Gasteiger partial charge is 0.326 e. The molecule has 1 heterocycles. The smallest absolute Gasteiger partial charge is 0.228 e. The lowest BCUT2D eigenvalue weighted by atomic mass is 9.88. The van der Waals surface area contributed by atoms with Gasteiger partial charge in [0.2, 0.25) is 11.8 Å². The lowest BCUT2D eigenvalue weighted by Gasteiger charge is -2.31. The van der Waals surface area contributed by atoms with Gasteiger partial charge in [-0.3, -0.25) is 9.59 Å². The first-order valence-electron chi connectivity index (χ1n) is 8.68. The number of benzene rings is 2. The van der Waals surface area contributed by atoms with Crippen LogP contribution in [0.15, 0.2) is 48.5 Å². The summed E-state index contributed by atoms with van der Waals surface area (Å²) in [6.45, 7) is 3.55. The van der Waals surface area contributed by atoms with Crippen LogP contribution < -0.4 is 16.0 Å². The molecule has 0 radical (unpaired) electrons. The van der Waals surface area contributed by atoms with E-state index in [2.05, 4.69) is 16.0 Å². The van der Waals surface area contributed by atoms with Gasteiger partial charge in [0, 0.05) is 11.6 Å². The summed E-state index contributed by atoms with van der Waals surface area (Å²) in [5.74, 6) is -0.768. The summed E-state index contributed by atoms with van der Waals surface area (Å²) >= 11 is 0. The van der Waals surface area contributed by atoms with Crippen LogP contribution in [-0.4, -0.2) is 24.9 Å². The standard InChI is InChI=1S/C20H22FN3O2/c1-13(15-11-22-12-15)20(26)23-16-7-8-17(21)18(10-16)24-19(25)9-14-5-3-2-4-6-14/h2-8,10,13,15,22H,9,11-12H2,1H3,(H,23,26)(H,24,25). The van der Waals surface area contributed by atoms with E-state index in [0.717, 1.165) is 18.7 Å². The van der Waals surface area contributed by atoms with Crippen LogP contribution in [0.1, 0.15) is 12.5 Å². The Bertz CT molecular complexity index is 791. The third-order valence-corrected chi connectivity index (χ3v) is 4.65. The van der Waals surface area contributed by atoms with Gasteiger partial charge in [0.15, 0.2) is 0 Å². The number of carbonyl (C=O) groups is 2. The molecule has 6 heteroatoms. The Labute approximate surface area is 152 Å². The van der Waals surface area contributed by atoms with Gasteiger partial charge in [0.1, 0.15) is 5.82 Å². The predicted octanol–water partition coefficient (Wildman–Crippen LogP) is 2.80. The van der Waals surface area contributed by atoms with Crippen LogP contribution in [0.25, 0.3) is 0 Å². The zero-order chi connectivity index (χ0) is 18.5. The van der Waals surface area contributed by atoms with Gasteiger partial charge in [-0.2, -0.15) is 0 Å². The molecule has 0 bridgehead atoms. The molecule has 5 nitrogen and oxygen atoms in total. The number of halogens is 1. The molecule has 2 aromatic carbocycles. The van der Waals surface area contributed by atoms with Crippen LogP contribution >= 0.6 is 0 Å². The van der Waals surface area contributed by atoms with Gasteiger partial charge < -0.3 is 16.0 Å². The van der Waals surface area contributed by atoms with E-state index in [-0.39, 0.29) is 29.8 Å². The number of amides is 2. The minimum atomic E-state index is -0.541. The maximum atomic E-state index is 14.0. The first-order chi connectivity index (χ1) is 12.5. The molecule has 1 saturated heterocycles. The van der Waals surface area contributed by atoms with Crippen molar-refractivity contribution in [2.24, 2.45) is 11.8 Å². The predicted molar refractivity (Wildman–Crippen MR) is 99.3 cm³/mol. The number of anilines is 2. The van der Waals surface area contributed by atoms with E-state index in [1.165, 1.54) is 18.2 Å². The maximum absolute atomic E-state index is 14.0. The van der Waals surface area contributed by atoms with E-state index in [1.54, 1.807) is 0 Å². The molecule has 1 fully saturated rings. The van der Waals surface area contributed by atoms with E-state index in [0.29, 0.717) is 11.6 Å². The van der Waals surface area contributed by atoms with E-state index in [4.69, 9.17) is 0 Å². The van der Waals surface area contributed by atoms with Crippen molar-refractivity contribution in [2.45, 2.75) is 13.3 Å².